The molecule has 0 saturated carbocycles. The molecular formula is C18H22N4O2. The molecule has 0 aliphatic carbocycles. The van der Waals surface area contributed by atoms with Crippen LogP contribution in [0.25, 0.3) is 0 Å². The molecule has 1 atom stereocenters. The van der Waals surface area contributed by atoms with E-state index in [1.807, 2.05) is 38.1 Å². The molecule has 6 heteroatoms. The fraction of sp³-hybridized carbons (Fsp3) is 0.389. The van der Waals surface area contributed by atoms with Crippen molar-refractivity contribution in [2.75, 3.05) is 18.4 Å². The Kier molecular flexibility index (Phi) is 4.93. The van der Waals surface area contributed by atoms with Gasteiger partial charge in [-0.1, -0.05) is 17.7 Å². The Bertz CT molecular complexity index is 702. The summed E-state index contributed by atoms with van der Waals surface area (Å²) in [6, 6.07) is 9.44. The molecule has 0 spiro atoms. The van der Waals surface area contributed by atoms with Crippen LogP contribution in [0.5, 0.6) is 5.88 Å². The number of carbonyl (C=O) groups is 1. The largest absolute Gasteiger partial charge is 0.472 e. The first-order chi connectivity index (χ1) is 11.6. The summed E-state index contributed by atoms with van der Waals surface area (Å²) < 4.78 is 5.91. The number of hydrogen-bond donors (Lipinski definition) is 1. The van der Waals surface area contributed by atoms with Crippen molar-refractivity contribution in [2.24, 2.45) is 0 Å². The molecule has 1 N–H and O–H groups in total. The quantitative estimate of drug-likeness (QED) is 0.941. The van der Waals surface area contributed by atoms with E-state index in [9.17, 15) is 4.79 Å². The number of amides is 2. The van der Waals surface area contributed by atoms with Gasteiger partial charge in [0, 0.05) is 24.5 Å². The van der Waals surface area contributed by atoms with Crippen molar-refractivity contribution >= 4 is 11.7 Å². The number of anilines is 1. The van der Waals surface area contributed by atoms with Gasteiger partial charge in [0.25, 0.3) is 0 Å². The Hall–Kier alpha value is -2.63. The van der Waals surface area contributed by atoms with Crippen LogP contribution >= 0.6 is 0 Å². The van der Waals surface area contributed by atoms with Crippen molar-refractivity contribution in [3.63, 3.8) is 0 Å². The molecule has 1 aromatic carbocycles. The van der Waals surface area contributed by atoms with Gasteiger partial charge in [-0.2, -0.15) is 4.98 Å². The predicted octanol–water partition coefficient (Wildman–Crippen LogP) is 3.17. The van der Waals surface area contributed by atoms with E-state index in [4.69, 9.17) is 4.74 Å². The van der Waals surface area contributed by atoms with Gasteiger partial charge in [0.1, 0.15) is 11.9 Å². The molecule has 1 aliphatic rings. The maximum absolute atomic E-state index is 12.4. The minimum absolute atomic E-state index is 0.0446. The standard InChI is InChI=1S/C18H22N4O2/c1-13-5-7-15(8-6-13)21-18(23)22-11-3-4-16(12-22)24-17-9-10-19-14(2)20-17/h5-10,16H,3-4,11-12H2,1-2H3,(H,21,23). The second kappa shape index (κ2) is 7.29. The summed E-state index contributed by atoms with van der Waals surface area (Å²) in [5, 5.41) is 2.94. The predicted molar refractivity (Wildman–Crippen MR) is 92.2 cm³/mol. The molecule has 2 amide bonds. The van der Waals surface area contributed by atoms with E-state index in [2.05, 4.69) is 15.3 Å². The zero-order valence-corrected chi connectivity index (χ0v) is 14.0. The van der Waals surface area contributed by atoms with Crippen molar-refractivity contribution in [3.8, 4) is 5.88 Å². The fourth-order valence-corrected chi connectivity index (χ4v) is 2.73. The Morgan fingerprint density at radius 2 is 2.04 bits per heavy atom. The van der Waals surface area contributed by atoms with Crippen molar-refractivity contribution in [1.82, 2.24) is 14.9 Å². The molecule has 1 aliphatic heterocycles. The highest BCUT2D eigenvalue weighted by molar-refractivity contribution is 5.89. The van der Waals surface area contributed by atoms with Crippen LogP contribution in [0.15, 0.2) is 36.5 Å². The smallest absolute Gasteiger partial charge is 0.321 e. The van der Waals surface area contributed by atoms with Crippen LogP contribution in [-0.4, -0.2) is 40.1 Å². The number of piperidine rings is 1. The molecule has 1 saturated heterocycles. The highest BCUT2D eigenvalue weighted by Gasteiger charge is 2.25. The van der Waals surface area contributed by atoms with Crippen LogP contribution < -0.4 is 10.1 Å². The molecular weight excluding hydrogens is 304 g/mol. The first-order valence-corrected chi connectivity index (χ1v) is 8.19. The van der Waals surface area contributed by atoms with Gasteiger partial charge in [-0.3, -0.25) is 0 Å². The van der Waals surface area contributed by atoms with Crippen molar-refractivity contribution in [2.45, 2.75) is 32.8 Å². The fourth-order valence-electron chi connectivity index (χ4n) is 2.73. The molecule has 126 valence electrons. The maximum atomic E-state index is 12.4. The van der Waals surface area contributed by atoms with Gasteiger partial charge in [-0.15, -0.1) is 0 Å². The summed E-state index contributed by atoms with van der Waals surface area (Å²) in [7, 11) is 0. The Morgan fingerprint density at radius 3 is 2.79 bits per heavy atom. The van der Waals surface area contributed by atoms with E-state index >= 15 is 0 Å². The van der Waals surface area contributed by atoms with Gasteiger partial charge in [-0.25, -0.2) is 9.78 Å². The lowest BCUT2D eigenvalue weighted by molar-refractivity contribution is 0.102. The Morgan fingerprint density at radius 1 is 1.25 bits per heavy atom. The number of aryl methyl sites for hydroxylation is 2. The van der Waals surface area contributed by atoms with Crippen LogP contribution in [0.1, 0.15) is 24.2 Å². The number of nitrogens with zero attached hydrogens (tertiary/aromatic N) is 3. The SMILES string of the molecule is Cc1ccc(NC(=O)N2CCCC(Oc3ccnc(C)n3)C2)cc1. The lowest BCUT2D eigenvalue weighted by Crippen LogP contribution is -2.46. The summed E-state index contributed by atoms with van der Waals surface area (Å²) in [6.07, 6.45) is 3.47. The molecule has 0 radical (unpaired) electrons. The summed E-state index contributed by atoms with van der Waals surface area (Å²) in [5.41, 5.74) is 1.97. The maximum Gasteiger partial charge on any atom is 0.321 e. The highest BCUT2D eigenvalue weighted by atomic mass is 16.5. The van der Waals surface area contributed by atoms with Gasteiger partial charge in [0.15, 0.2) is 0 Å². The molecule has 2 aromatic rings. The third-order valence-corrected chi connectivity index (χ3v) is 4.01. The van der Waals surface area contributed by atoms with E-state index in [1.165, 1.54) is 5.56 Å². The zero-order valence-electron chi connectivity index (χ0n) is 14.0. The van der Waals surface area contributed by atoms with Crippen molar-refractivity contribution < 1.29 is 9.53 Å². The van der Waals surface area contributed by atoms with Crippen LogP contribution in [0.4, 0.5) is 10.5 Å². The minimum atomic E-state index is -0.0916. The van der Waals surface area contributed by atoms with E-state index in [0.29, 0.717) is 18.2 Å². The van der Waals surface area contributed by atoms with E-state index in [0.717, 1.165) is 25.1 Å². The summed E-state index contributed by atoms with van der Waals surface area (Å²) in [4.78, 5) is 22.6. The number of ether oxygens (including phenoxy) is 1. The molecule has 1 fully saturated rings. The average Bonchev–Trinajstić information content (AvgIpc) is 2.57. The number of hydrogen-bond acceptors (Lipinski definition) is 4. The first-order valence-electron chi connectivity index (χ1n) is 8.19. The molecule has 6 nitrogen and oxygen atoms in total. The second-order valence-electron chi connectivity index (χ2n) is 6.07. The lowest BCUT2D eigenvalue weighted by atomic mass is 10.1. The van der Waals surface area contributed by atoms with E-state index in [1.54, 1.807) is 17.2 Å². The molecule has 2 heterocycles. The van der Waals surface area contributed by atoms with Gasteiger partial charge in [0.2, 0.25) is 5.88 Å². The highest BCUT2D eigenvalue weighted by Crippen LogP contribution is 2.18. The third kappa shape index (κ3) is 4.22. The molecule has 24 heavy (non-hydrogen) atoms. The lowest BCUT2D eigenvalue weighted by Gasteiger charge is -2.32. The number of likely N-dealkylation sites (tertiary alicyclic amines) is 1. The number of rotatable bonds is 3. The van der Waals surface area contributed by atoms with E-state index in [-0.39, 0.29) is 12.1 Å². The Balaban J connectivity index is 1.58. The first kappa shape index (κ1) is 16.2. The summed E-state index contributed by atoms with van der Waals surface area (Å²) in [6.45, 7) is 5.14. The van der Waals surface area contributed by atoms with Crippen LogP contribution in [-0.2, 0) is 0 Å². The second-order valence-corrected chi connectivity index (χ2v) is 6.07. The average molecular weight is 326 g/mol. The van der Waals surface area contributed by atoms with Crippen LogP contribution in [0, 0.1) is 13.8 Å². The van der Waals surface area contributed by atoms with Crippen LogP contribution in [0.3, 0.4) is 0 Å². The molecule has 0 bridgehead atoms. The van der Waals surface area contributed by atoms with Gasteiger partial charge < -0.3 is 15.0 Å². The number of carbonyl (C=O) groups excluding carboxylic acids is 1. The van der Waals surface area contributed by atoms with Crippen molar-refractivity contribution in [1.29, 1.82) is 0 Å². The van der Waals surface area contributed by atoms with Gasteiger partial charge in [0.05, 0.1) is 6.54 Å². The van der Waals surface area contributed by atoms with Crippen molar-refractivity contribution in [3.05, 3.63) is 47.9 Å². The number of benzene rings is 1. The molecule has 1 aromatic heterocycles. The molecule has 3 rings (SSSR count). The Labute approximate surface area is 141 Å². The van der Waals surface area contributed by atoms with Gasteiger partial charge >= 0.3 is 6.03 Å². The minimum Gasteiger partial charge on any atom is -0.472 e. The monoisotopic (exact) mass is 326 g/mol. The zero-order chi connectivity index (χ0) is 16.9. The van der Waals surface area contributed by atoms with Crippen LogP contribution in [0.2, 0.25) is 0 Å². The third-order valence-electron chi connectivity index (χ3n) is 4.01. The number of urea groups is 1. The number of nitrogens with one attached hydrogen (secondary N) is 1. The molecule has 1 unspecified atom stereocenters. The number of aromatic nitrogens is 2. The normalized spacial score (nSPS) is 17.4. The van der Waals surface area contributed by atoms with E-state index < -0.39 is 0 Å². The summed E-state index contributed by atoms with van der Waals surface area (Å²) in [5.74, 6) is 1.24. The summed E-state index contributed by atoms with van der Waals surface area (Å²) >= 11 is 0. The topological polar surface area (TPSA) is 67.4 Å². The van der Waals surface area contributed by atoms with Gasteiger partial charge in [-0.05, 0) is 38.8 Å².